The molecule has 2 aromatic carbocycles. The van der Waals surface area contributed by atoms with Crippen LogP contribution in [-0.2, 0) is 13.0 Å². The average molecular weight is 380 g/mol. The summed E-state index contributed by atoms with van der Waals surface area (Å²) in [5.74, 6) is 2.22. The van der Waals surface area contributed by atoms with Crippen LogP contribution in [-0.4, -0.2) is 38.8 Å². The molecule has 28 heavy (non-hydrogen) atoms. The highest BCUT2D eigenvalue weighted by molar-refractivity contribution is 5.84. The summed E-state index contributed by atoms with van der Waals surface area (Å²) >= 11 is 0. The molecule has 0 spiro atoms. The van der Waals surface area contributed by atoms with E-state index in [-0.39, 0.29) is 0 Å². The van der Waals surface area contributed by atoms with Gasteiger partial charge in [0.1, 0.15) is 0 Å². The first-order valence-electron chi connectivity index (χ1n) is 9.36. The van der Waals surface area contributed by atoms with E-state index < -0.39 is 0 Å². The number of hydrogen-bond acceptors (Lipinski definition) is 3. The topological polar surface area (TPSA) is 70.7 Å². The molecule has 6 nitrogen and oxygen atoms in total. The van der Waals surface area contributed by atoms with Crippen molar-refractivity contribution in [1.29, 1.82) is 0 Å². The van der Waals surface area contributed by atoms with Crippen LogP contribution in [0.3, 0.4) is 0 Å². The first-order chi connectivity index (χ1) is 13.6. The Hall–Kier alpha value is -3.15. The van der Waals surface area contributed by atoms with Gasteiger partial charge in [-0.1, -0.05) is 18.2 Å². The molecule has 0 radical (unpaired) electrons. The molecule has 148 valence electrons. The van der Waals surface area contributed by atoms with Gasteiger partial charge in [-0.3, -0.25) is 4.99 Å². The smallest absolute Gasteiger partial charge is 0.191 e. The Morgan fingerprint density at radius 1 is 1.04 bits per heavy atom. The minimum Gasteiger partial charge on any atom is -0.493 e. The van der Waals surface area contributed by atoms with Gasteiger partial charge in [-0.15, -0.1) is 0 Å². The number of ether oxygens (including phenoxy) is 2. The van der Waals surface area contributed by atoms with Crippen LogP contribution >= 0.6 is 0 Å². The first kappa shape index (κ1) is 19.6. The molecule has 0 unspecified atom stereocenters. The third-order valence-electron chi connectivity index (χ3n) is 4.74. The number of aryl methyl sites for hydroxylation is 1. The maximum atomic E-state index is 5.36. The predicted molar refractivity (Wildman–Crippen MR) is 114 cm³/mol. The van der Waals surface area contributed by atoms with Crippen LogP contribution in [0.2, 0.25) is 0 Å². The molecule has 6 heteroatoms. The molecule has 0 aliphatic rings. The van der Waals surface area contributed by atoms with Gasteiger partial charge in [0.2, 0.25) is 0 Å². The highest BCUT2D eigenvalue weighted by Gasteiger charge is 2.06. The lowest BCUT2D eigenvalue weighted by atomic mass is 10.1. The predicted octanol–water partition coefficient (Wildman–Crippen LogP) is 3.40. The van der Waals surface area contributed by atoms with E-state index in [9.17, 15) is 0 Å². The number of guanidine groups is 1. The summed E-state index contributed by atoms with van der Waals surface area (Å²) < 4.78 is 10.6. The van der Waals surface area contributed by atoms with E-state index in [0.29, 0.717) is 6.54 Å². The summed E-state index contributed by atoms with van der Waals surface area (Å²) in [5, 5.41) is 7.99. The van der Waals surface area contributed by atoms with Crippen LogP contribution in [0.1, 0.15) is 16.7 Å². The van der Waals surface area contributed by atoms with Crippen molar-refractivity contribution in [2.24, 2.45) is 4.99 Å². The van der Waals surface area contributed by atoms with E-state index in [2.05, 4.69) is 51.9 Å². The van der Waals surface area contributed by atoms with E-state index in [1.807, 2.05) is 18.2 Å². The van der Waals surface area contributed by atoms with Gasteiger partial charge in [-0.25, -0.2) is 0 Å². The third kappa shape index (κ3) is 4.57. The molecule has 3 N–H and O–H groups in total. The number of hydrogen-bond donors (Lipinski definition) is 3. The lowest BCUT2D eigenvalue weighted by Crippen LogP contribution is -2.37. The normalized spacial score (nSPS) is 11.5. The van der Waals surface area contributed by atoms with Gasteiger partial charge in [0, 0.05) is 37.2 Å². The summed E-state index contributed by atoms with van der Waals surface area (Å²) in [5.41, 5.74) is 4.84. The highest BCUT2D eigenvalue weighted by Crippen LogP contribution is 2.27. The third-order valence-corrected chi connectivity index (χ3v) is 4.74. The van der Waals surface area contributed by atoms with Crippen molar-refractivity contribution in [3.63, 3.8) is 0 Å². The van der Waals surface area contributed by atoms with Gasteiger partial charge in [0.25, 0.3) is 0 Å². The van der Waals surface area contributed by atoms with Crippen molar-refractivity contribution < 1.29 is 9.47 Å². The van der Waals surface area contributed by atoms with Gasteiger partial charge in [-0.2, -0.15) is 0 Å². The molecule has 0 aliphatic heterocycles. The molecule has 1 aromatic heterocycles. The van der Waals surface area contributed by atoms with Crippen molar-refractivity contribution in [2.45, 2.75) is 19.9 Å². The maximum absolute atomic E-state index is 5.36. The standard InChI is InChI=1S/C22H28N4O2/c1-15-5-7-18-17(14-25-19(18)11-15)9-10-24-22(23-2)26-13-16-6-8-20(27-3)21(12-16)28-4/h5-8,11-12,14,25H,9-10,13H2,1-4H3,(H2,23,24,26). The lowest BCUT2D eigenvalue weighted by molar-refractivity contribution is 0.354. The second-order valence-electron chi connectivity index (χ2n) is 6.65. The zero-order valence-electron chi connectivity index (χ0n) is 16.9. The average Bonchev–Trinajstić information content (AvgIpc) is 3.12. The van der Waals surface area contributed by atoms with Gasteiger partial charge in [0.15, 0.2) is 17.5 Å². The second kappa shape index (κ2) is 9.17. The molecule has 0 fully saturated rings. The molecule has 0 atom stereocenters. The van der Waals surface area contributed by atoms with Crippen molar-refractivity contribution in [1.82, 2.24) is 15.6 Å². The number of methoxy groups -OCH3 is 2. The minimum atomic E-state index is 0.645. The number of aliphatic imine (C=N–C) groups is 1. The largest absolute Gasteiger partial charge is 0.493 e. The Labute approximate surface area is 166 Å². The highest BCUT2D eigenvalue weighted by atomic mass is 16.5. The molecule has 0 bridgehead atoms. The van der Waals surface area contributed by atoms with Crippen LogP contribution in [0.15, 0.2) is 47.6 Å². The van der Waals surface area contributed by atoms with Gasteiger partial charge in [-0.05, 0) is 48.2 Å². The summed E-state index contributed by atoms with van der Waals surface area (Å²) in [6.07, 6.45) is 3.01. The van der Waals surface area contributed by atoms with Gasteiger partial charge >= 0.3 is 0 Å². The quantitative estimate of drug-likeness (QED) is 0.434. The zero-order chi connectivity index (χ0) is 19.9. The molecule has 3 aromatic rings. The van der Waals surface area contributed by atoms with Crippen LogP contribution in [0.25, 0.3) is 10.9 Å². The SMILES string of the molecule is CN=C(NCCc1c[nH]c2cc(C)ccc12)NCc1ccc(OC)c(OC)c1. The lowest BCUT2D eigenvalue weighted by Gasteiger charge is -2.13. The van der Waals surface area contributed by atoms with E-state index >= 15 is 0 Å². The van der Waals surface area contributed by atoms with E-state index in [1.54, 1.807) is 21.3 Å². The number of nitrogens with zero attached hydrogens (tertiary/aromatic N) is 1. The van der Waals surface area contributed by atoms with Crippen molar-refractivity contribution in [3.8, 4) is 11.5 Å². The summed E-state index contributed by atoms with van der Waals surface area (Å²) in [6, 6.07) is 12.4. The Balaban J connectivity index is 1.53. The minimum absolute atomic E-state index is 0.645. The molecule has 0 amide bonds. The summed E-state index contributed by atoms with van der Waals surface area (Å²) in [4.78, 5) is 7.66. The van der Waals surface area contributed by atoms with E-state index in [1.165, 1.54) is 22.0 Å². The molecule has 0 saturated carbocycles. The van der Waals surface area contributed by atoms with E-state index in [4.69, 9.17) is 9.47 Å². The van der Waals surface area contributed by atoms with Crippen LogP contribution in [0, 0.1) is 6.92 Å². The fraction of sp³-hybridized carbons (Fsp3) is 0.318. The Bertz CT molecular complexity index is 962. The van der Waals surface area contributed by atoms with Crippen molar-refractivity contribution in [3.05, 3.63) is 59.3 Å². The number of aromatic nitrogens is 1. The monoisotopic (exact) mass is 380 g/mol. The number of nitrogens with one attached hydrogen (secondary N) is 3. The number of aromatic amines is 1. The molecule has 0 aliphatic carbocycles. The van der Waals surface area contributed by atoms with Crippen molar-refractivity contribution in [2.75, 3.05) is 27.8 Å². The Morgan fingerprint density at radius 3 is 2.61 bits per heavy atom. The summed E-state index contributed by atoms with van der Waals surface area (Å²) in [6.45, 7) is 3.55. The number of rotatable bonds is 7. The molecule has 3 rings (SSSR count). The molecule has 0 saturated heterocycles. The van der Waals surface area contributed by atoms with Crippen LogP contribution in [0.4, 0.5) is 0 Å². The number of H-pyrrole nitrogens is 1. The maximum Gasteiger partial charge on any atom is 0.191 e. The van der Waals surface area contributed by atoms with Gasteiger partial charge in [0.05, 0.1) is 14.2 Å². The summed E-state index contributed by atoms with van der Waals surface area (Å²) in [7, 11) is 5.05. The van der Waals surface area contributed by atoms with E-state index in [0.717, 1.165) is 36.0 Å². The van der Waals surface area contributed by atoms with Gasteiger partial charge < -0.3 is 25.1 Å². The van der Waals surface area contributed by atoms with Crippen LogP contribution in [0.5, 0.6) is 11.5 Å². The zero-order valence-corrected chi connectivity index (χ0v) is 16.9. The van der Waals surface area contributed by atoms with Crippen LogP contribution < -0.4 is 20.1 Å². The molecular formula is C22H28N4O2. The molecule has 1 heterocycles. The fourth-order valence-corrected chi connectivity index (χ4v) is 3.22. The Kier molecular flexibility index (Phi) is 6.42. The molecular weight excluding hydrogens is 352 g/mol. The fourth-order valence-electron chi connectivity index (χ4n) is 3.22. The first-order valence-corrected chi connectivity index (χ1v) is 9.36. The number of benzene rings is 2. The van der Waals surface area contributed by atoms with Crippen molar-refractivity contribution >= 4 is 16.9 Å². The number of fused-ring (bicyclic) bond motifs is 1. The Morgan fingerprint density at radius 2 is 1.86 bits per heavy atom. The second-order valence-corrected chi connectivity index (χ2v) is 6.65.